The van der Waals surface area contributed by atoms with Gasteiger partial charge in [0.15, 0.2) is 9.90 Å². The Morgan fingerprint density at radius 2 is 2.17 bits per heavy atom. The fourth-order valence-electron chi connectivity index (χ4n) is 0.923. The molecule has 0 aliphatic heterocycles. The van der Waals surface area contributed by atoms with Crippen LogP contribution in [0.2, 0.25) is 0 Å². The number of aromatic carboxylic acids is 1. The number of aromatic nitrogens is 1. The molecular formula is C7H9N3O6S2. The number of carbonyl (C=O) groups is 2. The second kappa shape index (κ2) is 5.39. The molecule has 0 aliphatic carbocycles. The van der Waals surface area contributed by atoms with E-state index in [4.69, 9.17) is 15.9 Å². The molecule has 0 saturated heterocycles. The fraction of sp³-hybridized carbons (Fsp3) is 0.286. The third-order valence-electron chi connectivity index (χ3n) is 1.78. The summed E-state index contributed by atoms with van der Waals surface area (Å²) in [5, 5.41) is 17.7. The van der Waals surface area contributed by atoms with Gasteiger partial charge in [-0.05, 0) is 0 Å². The predicted molar refractivity (Wildman–Crippen MR) is 59.5 cm³/mol. The summed E-state index contributed by atoms with van der Waals surface area (Å²) < 4.78 is 24.7. The van der Waals surface area contributed by atoms with E-state index in [0.29, 0.717) is 11.3 Å². The number of amides is 1. The summed E-state index contributed by atoms with van der Waals surface area (Å²) in [7, 11) is -4.16. The monoisotopic (exact) mass is 295 g/mol. The summed E-state index contributed by atoms with van der Waals surface area (Å²) in [6.45, 7) is -0.644. The van der Waals surface area contributed by atoms with Crippen LogP contribution in [0.1, 0.15) is 10.5 Å². The average molecular weight is 295 g/mol. The van der Waals surface area contributed by atoms with Crippen LogP contribution in [0.25, 0.3) is 0 Å². The molecule has 0 bridgehead atoms. The maximum absolute atomic E-state index is 11.7. The van der Waals surface area contributed by atoms with E-state index in [0.717, 1.165) is 5.51 Å². The van der Waals surface area contributed by atoms with Crippen molar-refractivity contribution < 1.29 is 28.2 Å². The number of thiazole rings is 1. The van der Waals surface area contributed by atoms with Gasteiger partial charge in [0.1, 0.15) is 6.10 Å². The van der Waals surface area contributed by atoms with Crippen LogP contribution in [0.15, 0.2) is 9.72 Å². The van der Waals surface area contributed by atoms with Crippen molar-refractivity contribution in [3.63, 3.8) is 0 Å². The zero-order chi connectivity index (χ0) is 13.9. The van der Waals surface area contributed by atoms with Crippen LogP contribution in [-0.4, -0.2) is 48.1 Å². The first kappa shape index (κ1) is 14.5. The minimum atomic E-state index is -4.16. The Morgan fingerprint density at radius 3 is 2.67 bits per heavy atom. The van der Waals surface area contributed by atoms with Crippen LogP contribution in [0.3, 0.4) is 0 Å². The molecule has 0 fully saturated rings. The minimum absolute atomic E-state index is 0.508. The zero-order valence-electron chi connectivity index (χ0n) is 8.73. The first-order chi connectivity index (χ1) is 8.25. The number of nitrogens with two attached hydrogens (primary N) is 1. The highest BCUT2D eigenvalue weighted by Gasteiger charge is 2.26. The van der Waals surface area contributed by atoms with Crippen molar-refractivity contribution in [2.75, 3.05) is 6.54 Å². The number of hydrogen-bond acceptors (Lipinski definition) is 7. The van der Waals surface area contributed by atoms with Crippen molar-refractivity contribution in [2.24, 2.45) is 5.73 Å². The van der Waals surface area contributed by atoms with Gasteiger partial charge in [-0.25, -0.2) is 22.9 Å². The molecule has 1 amide bonds. The van der Waals surface area contributed by atoms with E-state index >= 15 is 0 Å². The molecule has 9 nitrogen and oxygen atoms in total. The molecule has 0 saturated carbocycles. The summed E-state index contributed by atoms with van der Waals surface area (Å²) in [4.78, 5) is 24.6. The van der Waals surface area contributed by atoms with Gasteiger partial charge < -0.3 is 15.9 Å². The van der Waals surface area contributed by atoms with Crippen LogP contribution in [0, 0.1) is 0 Å². The van der Waals surface area contributed by atoms with Gasteiger partial charge in [0.2, 0.25) is 5.91 Å². The highest BCUT2D eigenvalue weighted by molar-refractivity contribution is 7.91. The molecule has 1 heterocycles. The molecular weight excluding hydrogens is 286 g/mol. The minimum Gasteiger partial charge on any atom is -0.476 e. The number of sulfonamides is 1. The molecule has 0 aromatic carbocycles. The molecule has 1 atom stereocenters. The van der Waals surface area contributed by atoms with E-state index in [1.54, 1.807) is 0 Å². The van der Waals surface area contributed by atoms with E-state index in [1.165, 1.54) is 0 Å². The number of nitrogens with one attached hydrogen (secondary N) is 1. The maximum Gasteiger partial charge on any atom is 0.356 e. The van der Waals surface area contributed by atoms with Gasteiger partial charge >= 0.3 is 5.97 Å². The first-order valence-corrected chi connectivity index (χ1v) is 6.76. The molecule has 5 N–H and O–H groups in total. The molecule has 1 aromatic rings. The van der Waals surface area contributed by atoms with Gasteiger partial charge in [0.05, 0.1) is 5.51 Å². The molecule has 1 rings (SSSR count). The highest BCUT2D eigenvalue weighted by atomic mass is 32.2. The van der Waals surface area contributed by atoms with Gasteiger partial charge in [-0.3, -0.25) is 4.79 Å². The molecule has 0 radical (unpaired) electrons. The van der Waals surface area contributed by atoms with Crippen LogP contribution in [-0.2, 0) is 14.8 Å². The SMILES string of the molecule is NC(=O)C(O)CNS(=O)(=O)c1scnc1C(=O)O. The number of hydrogen-bond donors (Lipinski definition) is 4. The summed E-state index contributed by atoms with van der Waals surface area (Å²) in [6, 6.07) is 0. The number of aliphatic hydroxyl groups is 1. The quantitative estimate of drug-likeness (QED) is 0.470. The Kier molecular flexibility index (Phi) is 4.34. The number of carboxylic acid groups (broad SMARTS) is 1. The van der Waals surface area contributed by atoms with E-state index in [2.05, 4.69) is 4.98 Å². The summed E-state index contributed by atoms with van der Waals surface area (Å²) in [5.74, 6) is -2.59. The largest absolute Gasteiger partial charge is 0.476 e. The van der Waals surface area contributed by atoms with Crippen molar-refractivity contribution in [1.29, 1.82) is 0 Å². The number of carboxylic acids is 1. The van der Waals surface area contributed by atoms with Gasteiger partial charge in [0.25, 0.3) is 10.0 Å². The lowest BCUT2D eigenvalue weighted by atomic mass is 10.3. The number of nitrogens with zero attached hydrogens (tertiary/aromatic N) is 1. The molecule has 1 unspecified atom stereocenters. The Balaban J connectivity index is 2.90. The molecule has 100 valence electrons. The van der Waals surface area contributed by atoms with Crippen LogP contribution < -0.4 is 10.5 Å². The standard InChI is InChI=1S/C7H9N3O6S2/c8-5(12)3(11)1-10-18(15,16)7-4(6(13)14)9-2-17-7/h2-3,10-11H,1H2,(H2,8,12)(H,13,14). The average Bonchev–Trinajstić information content (AvgIpc) is 2.75. The lowest BCUT2D eigenvalue weighted by molar-refractivity contribution is -0.125. The lowest BCUT2D eigenvalue weighted by Crippen LogP contribution is -2.40. The molecule has 11 heteroatoms. The Hall–Kier alpha value is -1.56. The zero-order valence-corrected chi connectivity index (χ0v) is 10.4. The van der Waals surface area contributed by atoms with Gasteiger partial charge in [-0.2, -0.15) is 0 Å². The predicted octanol–water partition coefficient (Wildman–Crippen LogP) is -2.03. The normalized spacial score (nSPS) is 13.2. The van der Waals surface area contributed by atoms with Crippen molar-refractivity contribution in [3.8, 4) is 0 Å². The third-order valence-corrected chi connectivity index (χ3v) is 4.57. The van der Waals surface area contributed by atoms with E-state index in [-0.39, 0.29) is 0 Å². The van der Waals surface area contributed by atoms with Gasteiger partial charge in [0, 0.05) is 6.54 Å². The number of carbonyl (C=O) groups excluding carboxylic acids is 1. The van der Waals surface area contributed by atoms with Crippen LogP contribution >= 0.6 is 11.3 Å². The number of rotatable bonds is 6. The summed E-state index contributed by atoms with van der Waals surface area (Å²) in [6.07, 6.45) is -1.69. The Bertz CT molecular complexity index is 565. The lowest BCUT2D eigenvalue weighted by Gasteiger charge is -2.08. The topological polar surface area (TPSA) is 160 Å². The van der Waals surface area contributed by atoms with E-state index in [9.17, 15) is 18.0 Å². The Labute approximate surface area is 105 Å². The van der Waals surface area contributed by atoms with Crippen molar-refractivity contribution in [1.82, 2.24) is 9.71 Å². The van der Waals surface area contributed by atoms with Crippen LogP contribution in [0.4, 0.5) is 0 Å². The molecule has 0 spiro atoms. The molecule has 1 aromatic heterocycles. The molecule has 18 heavy (non-hydrogen) atoms. The third kappa shape index (κ3) is 3.22. The Morgan fingerprint density at radius 1 is 1.56 bits per heavy atom. The van der Waals surface area contributed by atoms with Crippen molar-refractivity contribution in [3.05, 3.63) is 11.2 Å². The smallest absolute Gasteiger partial charge is 0.356 e. The second-order valence-corrected chi connectivity index (χ2v) is 5.88. The van der Waals surface area contributed by atoms with Crippen LogP contribution in [0.5, 0.6) is 0 Å². The fourth-order valence-corrected chi connectivity index (χ4v) is 3.14. The number of aliphatic hydroxyl groups excluding tert-OH is 1. The summed E-state index contributed by atoms with van der Waals surface area (Å²) >= 11 is 0.605. The first-order valence-electron chi connectivity index (χ1n) is 4.39. The number of primary amides is 1. The van der Waals surface area contributed by atoms with E-state index < -0.39 is 44.5 Å². The second-order valence-electron chi connectivity index (χ2n) is 3.06. The van der Waals surface area contributed by atoms with E-state index in [1.807, 2.05) is 4.72 Å². The van der Waals surface area contributed by atoms with Gasteiger partial charge in [-0.1, -0.05) is 0 Å². The van der Waals surface area contributed by atoms with Crippen molar-refractivity contribution >= 4 is 33.2 Å². The van der Waals surface area contributed by atoms with Crippen molar-refractivity contribution in [2.45, 2.75) is 10.3 Å². The summed E-state index contributed by atoms with van der Waals surface area (Å²) in [5.41, 5.74) is 5.17. The molecule has 0 aliphatic rings. The van der Waals surface area contributed by atoms with Gasteiger partial charge in [-0.15, -0.1) is 11.3 Å². The highest BCUT2D eigenvalue weighted by Crippen LogP contribution is 2.19. The maximum atomic E-state index is 11.7.